The number of hydrogen-bond donors (Lipinski definition) is 0. The van der Waals surface area contributed by atoms with Crippen molar-refractivity contribution in [3.8, 4) is 0 Å². The minimum Gasteiger partial charge on any atom is -0.284 e. The molecule has 0 N–H and O–H groups in total. The molecule has 0 spiro atoms. The lowest BCUT2D eigenvalue weighted by atomic mass is 10.2. The van der Waals surface area contributed by atoms with Crippen molar-refractivity contribution in [2.75, 3.05) is 10.7 Å². The Bertz CT molecular complexity index is 1140. The van der Waals surface area contributed by atoms with Crippen molar-refractivity contribution in [3.05, 3.63) is 88.9 Å². The summed E-state index contributed by atoms with van der Waals surface area (Å²) in [5.74, 6) is 0.785. The molecule has 152 valence electrons. The zero-order valence-corrected chi connectivity index (χ0v) is 18.9. The average Bonchev–Trinajstić information content (AvgIpc) is 3.19. The Morgan fingerprint density at radius 1 is 1.03 bits per heavy atom. The van der Waals surface area contributed by atoms with Crippen LogP contribution in [0.15, 0.2) is 77.7 Å². The number of nitrogens with zero attached hydrogens (tertiary/aromatic N) is 2. The van der Waals surface area contributed by atoms with Crippen molar-refractivity contribution in [1.29, 1.82) is 0 Å². The third kappa shape index (κ3) is 5.04. The van der Waals surface area contributed by atoms with E-state index in [4.69, 9.17) is 16.6 Å². The molecule has 0 saturated carbocycles. The molecule has 0 aliphatic carbocycles. The van der Waals surface area contributed by atoms with E-state index in [-0.39, 0.29) is 5.91 Å². The largest absolute Gasteiger partial charge is 0.284 e. The maximum absolute atomic E-state index is 13.2. The van der Waals surface area contributed by atoms with Gasteiger partial charge in [0.05, 0.1) is 16.3 Å². The maximum Gasteiger partial charge on any atom is 0.229 e. The number of thiazole rings is 1. The maximum atomic E-state index is 13.2. The third-order valence-electron chi connectivity index (χ3n) is 4.68. The number of anilines is 1. The van der Waals surface area contributed by atoms with Gasteiger partial charge in [0.15, 0.2) is 5.13 Å². The summed E-state index contributed by atoms with van der Waals surface area (Å²) >= 11 is 9.51. The first-order valence-corrected chi connectivity index (χ1v) is 11.9. The van der Waals surface area contributed by atoms with Crippen LogP contribution in [0.3, 0.4) is 0 Å². The number of amides is 1. The van der Waals surface area contributed by atoms with Crippen LogP contribution < -0.4 is 4.90 Å². The molecule has 1 heterocycles. The molecular weight excluding hydrogens is 432 g/mol. The molecule has 0 atom stereocenters. The second kappa shape index (κ2) is 9.65. The molecule has 0 aliphatic rings. The van der Waals surface area contributed by atoms with E-state index in [0.717, 1.165) is 21.5 Å². The van der Waals surface area contributed by atoms with Crippen molar-refractivity contribution >= 4 is 56.0 Å². The highest BCUT2D eigenvalue weighted by molar-refractivity contribution is 7.99. The third-order valence-corrected chi connectivity index (χ3v) is 7.04. The zero-order chi connectivity index (χ0) is 20.9. The van der Waals surface area contributed by atoms with E-state index in [1.54, 1.807) is 16.7 Å². The smallest absolute Gasteiger partial charge is 0.229 e. The number of aromatic nitrogens is 1. The second-order valence-corrected chi connectivity index (χ2v) is 9.54. The molecule has 3 aromatic carbocycles. The molecule has 0 radical (unpaired) electrons. The van der Waals surface area contributed by atoms with Crippen LogP contribution >= 0.6 is 34.7 Å². The van der Waals surface area contributed by atoms with Gasteiger partial charge in [0.2, 0.25) is 5.91 Å². The molecule has 1 amide bonds. The summed E-state index contributed by atoms with van der Waals surface area (Å²) in [6.45, 7) is 2.57. The molecule has 4 aromatic rings. The lowest BCUT2D eigenvalue weighted by Gasteiger charge is -2.20. The van der Waals surface area contributed by atoms with Crippen LogP contribution in [-0.4, -0.2) is 16.6 Å². The lowest BCUT2D eigenvalue weighted by molar-refractivity contribution is -0.118. The Labute approximate surface area is 189 Å². The van der Waals surface area contributed by atoms with E-state index in [0.29, 0.717) is 23.1 Å². The molecule has 6 heteroatoms. The number of para-hydroxylation sites is 1. The van der Waals surface area contributed by atoms with E-state index >= 15 is 0 Å². The van der Waals surface area contributed by atoms with Crippen molar-refractivity contribution in [2.45, 2.75) is 24.8 Å². The minimum absolute atomic E-state index is 0.0636. The van der Waals surface area contributed by atoms with Crippen molar-refractivity contribution in [2.24, 2.45) is 0 Å². The van der Waals surface area contributed by atoms with Gasteiger partial charge < -0.3 is 0 Å². The van der Waals surface area contributed by atoms with Gasteiger partial charge in [-0.1, -0.05) is 77.0 Å². The van der Waals surface area contributed by atoms with Gasteiger partial charge in [-0.3, -0.25) is 9.69 Å². The van der Waals surface area contributed by atoms with E-state index in [2.05, 4.69) is 31.2 Å². The minimum atomic E-state index is 0.0636. The molecule has 0 aliphatic heterocycles. The van der Waals surface area contributed by atoms with Crippen molar-refractivity contribution < 1.29 is 4.79 Å². The average molecular weight is 453 g/mol. The van der Waals surface area contributed by atoms with Crippen LogP contribution in [0.4, 0.5) is 5.13 Å². The molecule has 30 heavy (non-hydrogen) atoms. The number of carbonyl (C=O) groups excluding carboxylic acids is 1. The van der Waals surface area contributed by atoms with Gasteiger partial charge in [0.25, 0.3) is 0 Å². The quantitative estimate of drug-likeness (QED) is 0.284. The Morgan fingerprint density at radius 2 is 1.80 bits per heavy atom. The van der Waals surface area contributed by atoms with E-state index < -0.39 is 0 Å². The number of rotatable bonds is 7. The fourth-order valence-corrected chi connectivity index (χ4v) is 5.20. The Balaban J connectivity index is 1.53. The first-order valence-electron chi connectivity index (χ1n) is 9.69. The SMILES string of the molecule is Cc1ccc(SCCC(=O)N(Cc2ccccc2)c2nc3c(Cl)cccc3s2)cc1. The summed E-state index contributed by atoms with van der Waals surface area (Å²) in [6.07, 6.45) is 0.440. The van der Waals surface area contributed by atoms with E-state index in [1.807, 2.05) is 48.5 Å². The van der Waals surface area contributed by atoms with E-state index in [9.17, 15) is 4.79 Å². The first-order chi connectivity index (χ1) is 14.6. The van der Waals surface area contributed by atoms with Crippen LogP contribution in [-0.2, 0) is 11.3 Å². The summed E-state index contributed by atoms with van der Waals surface area (Å²) in [5, 5.41) is 1.30. The van der Waals surface area contributed by atoms with Crippen molar-refractivity contribution in [3.63, 3.8) is 0 Å². The summed E-state index contributed by atoms with van der Waals surface area (Å²) in [6, 6.07) is 24.1. The summed E-state index contributed by atoms with van der Waals surface area (Å²) < 4.78 is 0.984. The van der Waals surface area contributed by atoms with Crippen LogP contribution in [0.1, 0.15) is 17.5 Å². The number of thioether (sulfide) groups is 1. The van der Waals surface area contributed by atoms with Gasteiger partial charge in [0.1, 0.15) is 5.52 Å². The Morgan fingerprint density at radius 3 is 2.53 bits per heavy atom. The van der Waals surface area contributed by atoms with Crippen LogP contribution in [0.2, 0.25) is 5.02 Å². The van der Waals surface area contributed by atoms with Crippen LogP contribution in [0.5, 0.6) is 0 Å². The summed E-state index contributed by atoms with van der Waals surface area (Å²) in [5.41, 5.74) is 3.06. The van der Waals surface area contributed by atoms with Gasteiger partial charge in [-0.25, -0.2) is 4.98 Å². The molecule has 0 saturated heterocycles. The predicted octanol–water partition coefficient (Wildman–Crippen LogP) is 6.97. The second-order valence-electron chi connectivity index (χ2n) is 6.96. The molecule has 0 fully saturated rings. The number of aryl methyl sites for hydroxylation is 1. The normalized spacial score (nSPS) is 11.0. The highest BCUT2D eigenvalue weighted by Gasteiger charge is 2.20. The molecular formula is C24H21ClN2OS2. The number of carbonyl (C=O) groups is 1. The van der Waals surface area contributed by atoms with Gasteiger partial charge in [-0.2, -0.15) is 0 Å². The van der Waals surface area contributed by atoms with Gasteiger partial charge in [-0.15, -0.1) is 11.8 Å². The molecule has 0 unspecified atom stereocenters. The van der Waals surface area contributed by atoms with E-state index in [1.165, 1.54) is 21.8 Å². The number of halogens is 1. The zero-order valence-electron chi connectivity index (χ0n) is 16.5. The fourth-order valence-electron chi connectivity index (χ4n) is 3.07. The number of benzene rings is 3. The highest BCUT2D eigenvalue weighted by Crippen LogP contribution is 2.34. The molecule has 4 rings (SSSR count). The lowest BCUT2D eigenvalue weighted by Crippen LogP contribution is -2.30. The summed E-state index contributed by atoms with van der Waals surface area (Å²) in [7, 11) is 0. The molecule has 3 nitrogen and oxygen atoms in total. The van der Waals surface area contributed by atoms with Crippen molar-refractivity contribution in [1.82, 2.24) is 4.98 Å². The van der Waals surface area contributed by atoms with Gasteiger partial charge in [0, 0.05) is 17.1 Å². The predicted molar refractivity (Wildman–Crippen MR) is 129 cm³/mol. The Kier molecular flexibility index (Phi) is 6.72. The topological polar surface area (TPSA) is 33.2 Å². The number of hydrogen-bond acceptors (Lipinski definition) is 4. The van der Waals surface area contributed by atoms with Crippen LogP contribution in [0, 0.1) is 6.92 Å². The molecule has 0 bridgehead atoms. The standard InChI is InChI=1S/C24H21ClN2OS2/c1-17-10-12-19(13-11-17)29-15-14-22(28)27(16-18-6-3-2-4-7-18)24-26-23-20(25)8-5-9-21(23)30-24/h2-13H,14-16H2,1H3. The number of fused-ring (bicyclic) bond motifs is 1. The van der Waals surface area contributed by atoms with Gasteiger partial charge in [-0.05, 0) is 36.8 Å². The monoisotopic (exact) mass is 452 g/mol. The summed E-state index contributed by atoms with van der Waals surface area (Å²) in [4.78, 5) is 20.9. The first kappa shape index (κ1) is 20.9. The molecule has 1 aromatic heterocycles. The van der Waals surface area contributed by atoms with Gasteiger partial charge >= 0.3 is 0 Å². The highest BCUT2D eigenvalue weighted by atomic mass is 35.5. The van der Waals surface area contributed by atoms with Crippen LogP contribution in [0.25, 0.3) is 10.2 Å². The Hall–Kier alpha value is -2.34. The fraction of sp³-hybridized carbons (Fsp3) is 0.167.